The van der Waals surface area contributed by atoms with Gasteiger partial charge in [-0.2, -0.15) is 0 Å². The van der Waals surface area contributed by atoms with Crippen LogP contribution >= 0.6 is 0 Å². The highest BCUT2D eigenvalue weighted by Crippen LogP contribution is 2.11. The number of hydrogen-bond donors (Lipinski definition) is 0. The normalized spacial score (nSPS) is 19.2. The number of carbonyl (C=O) groups is 1. The van der Waals surface area contributed by atoms with E-state index in [1.54, 1.807) is 0 Å². The van der Waals surface area contributed by atoms with E-state index >= 15 is 0 Å². The first-order valence-electron chi connectivity index (χ1n) is 4.99. The summed E-state index contributed by atoms with van der Waals surface area (Å²) in [5.41, 5.74) is 0. The van der Waals surface area contributed by atoms with Gasteiger partial charge in [0, 0.05) is 32.0 Å². The minimum atomic E-state index is 0.263. The summed E-state index contributed by atoms with van der Waals surface area (Å²) in [5.74, 6) is 0.711. The lowest BCUT2D eigenvalue weighted by atomic mass is 10.0. The molecule has 1 atom stereocenters. The second kappa shape index (κ2) is 4.61. The molecule has 0 N–H and O–H groups in total. The van der Waals surface area contributed by atoms with Crippen LogP contribution in [0.25, 0.3) is 0 Å². The van der Waals surface area contributed by atoms with Crippen molar-refractivity contribution in [1.82, 2.24) is 4.90 Å². The number of ketones is 1. The highest BCUT2D eigenvalue weighted by molar-refractivity contribution is 5.80. The third-order valence-electron chi connectivity index (χ3n) is 2.40. The van der Waals surface area contributed by atoms with Crippen molar-refractivity contribution >= 4 is 5.78 Å². The molecule has 0 spiro atoms. The molecule has 0 aromatic carbocycles. The van der Waals surface area contributed by atoms with Gasteiger partial charge >= 0.3 is 0 Å². The van der Waals surface area contributed by atoms with Crippen molar-refractivity contribution in [2.75, 3.05) is 19.6 Å². The Kier molecular flexibility index (Phi) is 3.73. The zero-order valence-corrected chi connectivity index (χ0v) is 8.18. The van der Waals surface area contributed by atoms with Crippen molar-refractivity contribution in [3.05, 3.63) is 0 Å². The average Bonchev–Trinajstić information content (AvgIpc) is 2.83. The molecule has 0 bridgehead atoms. The molecule has 0 saturated carbocycles. The van der Waals surface area contributed by atoms with Crippen LogP contribution in [0.3, 0.4) is 0 Å². The predicted molar refractivity (Wildman–Crippen MR) is 50.1 cm³/mol. The number of Topliss-reactive ketones (excluding diaryl/α,β-unsaturated/α-hetero) is 1. The van der Waals surface area contributed by atoms with Gasteiger partial charge < -0.3 is 4.90 Å². The van der Waals surface area contributed by atoms with Gasteiger partial charge in [0.25, 0.3) is 0 Å². The van der Waals surface area contributed by atoms with Crippen LogP contribution in [0.4, 0.5) is 0 Å². The second-order valence-electron chi connectivity index (χ2n) is 3.77. The summed E-state index contributed by atoms with van der Waals surface area (Å²) in [4.78, 5) is 13.8. The SMILES string of the molecule is CCCCC(=O)C(C)CN1CC1. The third kappa shape index (κ3) is 3.35. The van der Waals surface area contributed by atoms with Gasteiger partial charge in [0.15, 0.2) is 0 Å². The predicted octanol–water partition coefficient (Wildman–Crippen LogP) is 1.70. The van der Waals surface area contributed by atoms with Crippen LogP contribution in [-0.2, 0) is 4.79 Å². The lowest BCUT2D eigenvalue weighted by Crippen LogP contribution is -2.19. The van der Waals surface area contributed by atoms with E-state index in [-0.39, 0.29) is 5.92 Å². The molecule has 1 fully saturated rings. The van der Waals surface area contributed by atoms with Crippen molar-refractivity contribution < 1.29 is 4.79 Å². The molecule has 2 nitrogen and oxygen atoms in total. The van der Waals surface area contributed by atoms with E-state index in [9.17, 15) is 4.79 Å². The lowest BCUT2D eigenvalue weighted by molar-refractivity contribution is -0.122. The number of hydrogen-bond acceptors (Lipinski definition) is 2. The molecule has 0 aliphatic carbocycles. The summed E-state index contributed by atoms with van der Waals surface area (Å²) < 4.78 is 0. The summed E-state index contributed by atoms with van der Waals surface area (Å²) in [7, 11) is 0. The number of rotatable bonds is 6. The van der Waals surface area contributed by atoms with Crippen LogP contribution in [0.5, 0.6) is 0 Å². The quantitative estimate of drug-likeness (QED) is 0.564. The van der Waals surface area contributed by atoms with Crippen molar-refractivity contribution in [3.8, 4) is 0 Å². The molecule has 2 heteroatoms. The minimum Gasteiger partial charge on any atom is -0.300 e. The Morgan fingerprint density at radius 2 is 2.17 bits per heavy atom. The topological polar surface area (TPSA) is 20.1 Å². The standard InChI is InChI=1S/C10H19NO/c1-3-4-5-10(12)9(2)8-11-6-7-11/h9H,3-8H2,1-2H3. The summed E-state index contributed by atoms with van der Waals surface area (Å²) in [6.45, 7) is 7.57. The Labute approximate surface area is 74.9 Å². The van der Waals surface area contributed by atoms with Crippen LogP contribution in [0, 0.1) is 5.92 Å². The molecule has 1 unspecified atom stereocenters. The molecule has 1 heterocycles. The van der Waals surface area contributed by atoms with Gasteiger partial charge in [-0.05, 0) is 6.42 Å². The summed E-state index contributed by atoms with van der Waals surface area (Å²) in [6, 6.07) is 0. The molecule has 0 aromatic rings. The van der Waals surface area contributed by atoms with Crippen LogP contribution in [-0.4, -0.2) is 30.3 Å². The number of unbranched alkanes of at least 4 members (excludes halogenated alkanes) is 1. The van der Waals surface area contributed by atoms with Gasteiger partial charge in [0.1, 0.15) is 5.78 Å². The van der Waals surface area contributed by atoms with E-state index in [0.717, 1.165) is 25.8 Å². The highest BCUT2D eigenvalue weighted by atomic mass is 16.1. The minimum absolute atomic E-state index is 0.263. The molecule has 1 aliphatic rings. The average molecular weight is 169 g/mol. The van der Waals surface area contributed by atoms with E-state index in [4.69, 9.17) is 0 Å². The Bertz CT molecular complexity index is 152. The van der Waals surface area contributed by atoms with Gasteiger partial charge in [-0.25, -0.2) is 0 Å². The Balaban J connectivity index is 2.11. The molecule has 0 aromatic heterocycles. The zero-order valence-electron chi connectivity index (χ0n) is 8.18. The summed E-state index contributed by atoms with van der Waals surface area (Å²) >= 11 is 0. The molecule has 1 aliphatic heterocycles. The van der Waals surface area contributed by atoms with Gasteiger partial charge in [-0.15, -0.1) is 0 Å². The van der Waals surface area contributed by atoms with Crippen molar-refractivity contribution in [2.24, 2.45) is 5.92 Å². The smallest absolute Gasteiger partial charge is 0.136 e. The summed E-state index contributed by atoms with van der Waals surface area (Å²) in [6.07, 6.45) is 2.97. The lowest BCUT2D eigenvalue weighted by Gasteiger charge is -2.09. The maximum atomic E-state index is 11.4. The van der Waals surface area contributed by atoms with Crippen LogP contribution < -0.4 is 0 Å². The molecular formula is C10H19NO. The third-order valence-corrected chi connectivity index (χ3v) is 2.40. The molecular weight excluding hydrogens is 150 g/mol. The first-order chi connectivity index (χ1) is 5.74. The molecule has 12 heavy (non-hydrogen) atoms. The van der Waals surface area contributed by atoms with E-state index in [1.807, 2.05) is 0 Å². The number of carbonyl (C=O) groups excluding carboxylic acids is 1. The van der Waals surface area contributed by atoms with Gasteiger partial charge in [0.2, 0.25) is 0 Å². The van der Waals surface area contributed by atoms with Gasteiger partial charge in [0.05, 0.1) is 0 Å². The van der Waals surface area contributed by atoms with Crippen LogP contribution in [0.1, 0.15) is 33.1 Å². The van der Waals surface area contributed by atoms with Crippen molar-refractivity contribution in [2.45, 2.75) is 33.1 Å². The van der Waals surface area contributed by atoms with Crippen LogP contribution in [0.15, 0.2) is 0 Å². The summed E-state index contributed by atoms with van der Waals surface area (Å²) in [5, 5.41) is 0. The second-order valence-corrected chi connectivity index (χ2v) is 3.77. The fraction of sp³-hybridized carbons (Fsp3) is 0.900. The van der Waals surface area contributed by atoms with E-state index in [0.29, 0.717) is 5.78 Å². The van der Waals surface area contributed by atoms with E-state index < -0.39 is 0 Å². The molecule has 0 amide bonds. The molecule has 70 valence electrons. The van der Waals surface area contributed by atoms with Gasteiger partial charge in [-0.3, -0.25) is 4.79 Å². The Morgan fingerprint density at radius 1 is 1.50 bits per heavy atom. The maximum absolute atomic E-state index is 11.4. The number of nitrogens with zero attached hydrogens (tertiary/aromatic N) is 1. The first kappa shape index (κ1) is 9.72. The molecule has 1 rings (SSSR count). The van der Waals surface area contributed by atoms with Crippen LogP contribution in [0.2, 0.25) is 0 Å². The largest absolute Gasteiger partial charge is 0.300 e. The molecule has 1 saturated heterocycles. The van der Waals surface area contributed by atoms with E-state index in [2.05, 4.69) is 18.7 Å². The first-order valence-corrected chi connectivity index (χ1v) is 4.99. The van der Waals surface area contributed by atoms with Gasteiger partial charge in [-0.1, -0.05) is 20.3 Å². The Morgan fingerprint density at radius 3 is 2.67 bits per heavy atom. The maximum Gasteiger partial charge on any atom is 0.136 e. The monoisotopic (exact) mass is 169 g/mol. The highest BCUT2D eigenvalue weighted by Gasteiger charge is 2.22. The fourth-order valence-corrected chi connectivity index (χ4v) is 1.34. The molecule has 0 radical (unpaired) electrons. The fourth-order valence-electron chi connectivity index (χ4n) is 1.34. The zero-order chi connectivity index (χ0) is 8.97. The van der Waals surface area contributed by atoms with Crippen molar-refractivity contribution in [1.29, 1.82) is 0 Å². The Hall–Kier alpha value is -0.370. The van der Waals surface area contributed by atoms with Crippen molar-refractivity contribution in [3.63, 3.8) is 0 Å². The van der Waals surface area contributed by atoms with E-state index in [1.165, 1.54) is 13.1 Å².